The fourth-order valence-electron chi connectivity index (χ4n) is 2.56. The highest BCUT2D eigenvalue weighted by Gasteiger charge is 2.19. The highest BCUT2D eigenvalue weighted by atomic mass is 35.5. The van der Waals surface area contributed by atoms with E-state index in [9.17, 15) is 13.2 Å². The second-order valence-corrected chi connectivity index (χ2v) is 8.81. The van der Waals surface area contributed by atoms with Gasteiger partial charge in [0.1, 0.15) is 11.4 Å². The number of benzene rings is 2. The van der Waals surface area contributed by atoms with Gasteiger partial charge in [0.2, 0.25) is 10.0 Å². The number of rotatable bonds is 9. The molecule has 8 heteroatoms. The molecule has 2 aromatic rings. The van der Waals surface area contributed by atoms with E-state index in [-0.39, 0.29) is 27.9 Å². The van der Waals surface area contributed by atoms with Crippen molar-refractivity contribution in [2.24, 2.45) is 0 Å². The second kappa shape index (κ2) is 9.84. The van der Waals surface area contributed by atoms with Crippen molar-refractivity contribution in [3.05, 3.63) is 76.8 Å². The van der Waals surface area contributed by atoms with Crippen molar-refractivity contribution in [1.29, 1.82) is 0 Å². The Bertz CT molecular complexity index is 942. The van der Waals surface area contributed by atoms with E-state index in [1.807, 2.05) is 24.3 Å². The third-order valence-electron chi connectivity index (χ3n) is 3.93. The molecular formula is C20H25ClN3O3S+. The normalized spacial score (nSPS) is 11.4. The maximum absolute atomic E-state index is 12.4. The maximum atomic E-state index is 12.4. The summed E-state index contributed by atoms with van der Waals surface area (Å²) in [5.41, 5.74) is 2.39. The molecule has 1 amide bonds. The van der Waals surface area contributed by atoms with Crippen LogP contribution in [-0.2, 0) is 23.1 Å². The van der Waals surface area contributed by atoms with E-state index >= 15 is 0 Å². The Balaban J connectivity index is 2.08. The van der Waals surface area contributed by atoms with Crippen molar-refractivity contribution in [3.63, 3.8) is 0 Å². The van der Waals surface area contributed by atoms with E-state index < -0.39 is 10.0 Å². The fourth-order valence-corrected chi connectivity index (χ4v) is 4.09. The summed E-state index contributed by atoms with van der Waals surface area (Å²) in [5, 5.41) is 2.85. The number of carbonyl (C=O) groups excluding carboxylic acids is 1. The minimum Gasteiger partial charge on any atom is -0.348 e. The zero-order valence-corrected chi connectivity index (χ0v) is 17.5. The Morgan fingerprint density at radius 2 is 1.79 bits per heavy atom. The van der Waals surface area contributed by atoms with E-state index in [4.69, 9.17) is 11.6 Å². The van der Waals surface area contributed by atoms with E-state index in [0.29, 0.717) is 6.54 Å². The van der Waals surface area contributed by atoms with Crippen LogP contribution in [0.3, 0.4) is 0 Å². The first kappa shape index (κ1) is 22.1. The molecule has 0 radical (unpaired) electrons. The Morgan fingerprint density at radius 3 is 2.39 bits per heavy atom. The zero-order valence-electron chi connectivity index (χ0n) is 16.0. The lowest BCUT2D eigenvalue weighted by atomic mass is 10.1. The van der Waals surface area contributed by atoms with Crippen LogP contribution in [0.15, 0.2) is 60.0 Å². The smallest absolute Gasteiger partial charge is 0.251 e. The highest BCUT2D eigenvalue weighted by Crippen LogP contribution is 2.22. The molecule has 0 saturated carbocycles. The van der Waals surface area contributed by atoms with Gasteiger partial charge in [0.15, 0.2) is 0 Å². The lowest BCUT2D eigenvalue weighted by molar-refractivity contribution is -0.872. The van der Waals surface area contributed by atoms with Gasteiger partial charge in [-0.05, 0) is 23.8 Å². The molecule has 0 atom stereocenters. The van der Waals surface area contributed by atoms with Crippen LogP contribution in [0.25, 0.3) is 0 Å². The Labute approximate surface area is 171 Å². The SMILES string of the molecule is C=CCNS(=O)(=O)c1cc(C(=O)NCc2ccc(C[NH+](C)C)cc2)ccc1Cl. The number of amides is 1. The lowest BCUT2D eigenvalue weighted by Crippen LogP contribution is -3.04. The quantitative estimate of drug-likeness (QED) is 0.534. The summed E-state index contributed by atoms with van der Waals surface area (Å²) >= 11 is 6.01. The van der Waals surface area contributed by atoms with Crippen molar-refractivity contribution in [2.75, 3.05) is 20.6 Å². The molecule has 0 aliphatic heterocycles. The van der Waals surface area contributed by atoms with Gasteiger partial charge < -0.3 is 10.2 Å². The largest absolute Gasteiger partial charge is 0.348 e. The number of nitrogens with one attached hydrogen (secondary N) is 3. The average molecular weight is 423 g/mol. The van der Waals surface area contributed by atoms with Crippen LogP contribution in [0.5, 0.6) is 0 Å². The molecule has 150 valence electrons. The molecule has 0 spiro atoms. The van der Waals surface area contributed by atoms with Crippen molar-refractivity contribution in [2.45, 2.75) is 18.0 Å². The summed E-state index contributed by atoms with van der Waals surface area (Å²) in [5.74, 6) is -0.376. The maximum Gasteiger partial charge on any atom is 0.251 e. The van der Waals surface area contributed by atoms with Crippen molar-refractivity contribution < 1.29 is 18.1 Å². The summed E-state index contributed by atoms with van der Waals surface area (Å²) in [4.78, 5) is 13.6. The molecule has 0 saturated heterocycles. The van der Waals surface area contributed by atoms with E-state index in [1.54, 1.807) is 0 Å². The summed E-state index contributed by atoms with van der Waals surface area (Å²) in [6, 6.07) is 12.2. The molecule has 2 aromatic carbocycles. The average Bonchev–Trinajstić information content (AvgIpc) is 2.65. The van der Waals surface area contributed by atoms with Crippen LogP contribution in [0, 0.1) is 0 Å². The van der Waals surface area contributed by atoms with Crippen LogP contribution in [-0.4, -0.2) is 35.0 Å². The molecule has 3 N–H and O–H groups in total. The molecule has 0 aliphatic rings. The van der Waals surface area contributed by atoms with Gasteiger partial charge in [-0.25, -0.2) is 13.1 Å². The third-order valence-corrected chi connectivity index (χ3v) is 5.84. The number of halogens is 1. The summed E-state index contributed by atoms with van der Waals surface area (Å²) < 4.78 is 26.9. The van der Waals surface area contributed by atoms with E-state index in [2.05, 4.69) is 30.7 Å². The molecule has 6 nitrogen and oxygen atoms in total. The minimum atomic E-state index is -3.83. The fraction of sp³-hybridized carbons (Fsp3) is 0.250. The molecule has 28 heavy (non-hydrogen) atoms. The van der Waals surface area contributed by atoms with Gasteiger partial charge >= 0.3 is 0 Å². The first-order valence-corrected chi connectivity index (χ1v) is 10.6. The summed E-state index contributed by atoms with van der Waals surface area (Å²) in [6.07, 6.45) is 1.42. The summed E-state index contributed by atoms with van der Waals surface area (Å²) in [6.45, 7) is 4.81. The highest BCUT2D eigenvalue weighted by molar-refractivity contribution is 7.89. The van der Waals surface area contributed by atoms with Gasteiger partial charge in [-0.1, -0.05) is 41.9 Å². The molecule has 0 unspecified atom stereocenters. The minimum absolute atomic E-state index is 0.0479. The first-order chi connectivity index (χ1) is 13.2. The standard InChI is InChI=1S/C20H24ClN3O3S/c1-4-11-23-28(26,27)19-12-17(9-10-18(19)21)20(25)22-13-15-5-7-16(8-6-15)14-24(2)3/h4-10,12,23H,1,11,13-14H2,2-3H3,(H,22,25)/p+1. The lowest BCUT2D eigenvalue weighted by Gasteiger charge is -2.11. The number of sulfonamides is 1. The number of hydrogen-bond acceptors (Lipinski definition) is 3. The Morgan fingerprint density at radius 1 is 1.14 bits per heavy atom. The van der Waals surface area contributed by atoms with E-state index in [0.717, 1.165) is 12.1 Å². The van der Waals surface area contributed by atoms with Gasteiger partial charge in [0, 0.05) is 24.2 Å². The predicted molar refractivity (Wildman–Crippen MR) is 111 cm³/mol. The van der Waals surface area contributed by atoms with Crippen molar-refractivity contribution in [3.8, 4) is 0 Å². The molecule has 0 bridgehead atoms. The van der Waals surface area contributed by atoms with Crippen LogP contribution in [0.4, 0.5) is 0 Å². The zero-order chi connectivity index (χ0) is 20.7. The second-order valence-electron chi connectivity index (χ2n) is 6.67. The van der Waals surface area contributed by atoms with Gasteiger partial charge in [-0.2, -0.15) is 0 Å². The molecule has 0 aromatic heterocycles. The predicted octanol–water partition coefficient (Wildman–Crippen LogP) is 1.38. The van der Waals surface area contributed by atoms with Gasteiger partial charge in [0.05, 0.1) is 19.1 Å². The molecule has 2 rings (SSSR count). The van der Waals surface area contributed by atoms with Crippen LogP contribution in [0.1, 0.15) is 21.5 Å². The van der Waals surface area contributed by atoms with Gasteiger partial charge in [0.25, 0.3) is 5.91 Å². The summed E-state index contributed by atoms with van der Waals surface area (Å²) in [7, 11) is 0.344. The number of hydrogen-bond donors (Lipinski definition) is 3. The van der Waals surface area contributed by atoms with Crippen LogP contribution >= 0.6 is 11.6 Å². The Hall–Kier alpha value is -2.19. The van der Waals surface area contributed by atoms with Crippen molar-refractivity contribution >= 4 is 27.5 Å². The van der Waals surface area contributed by atoms with E-state index in [1.165, 1.54) is 34.7 Å². The first-order valence-electron chi connectivity index (χ1n) is 8.78. The molecule has 0 heterocycles. The number of carbonyl (C=O) groups is 1. The monoisotopic (exact) mass is 422 g/mol. The number of quaternary nitrogens is 1. The van der Waals surface area contributed by atoms with Crippen LogP contribution in [0.2, 0.25) is 5.02 Å². The van der Waals surface area contributed by atoms with Gasteiger partial charge in [-0.15, -0.1) is 6.58 Å². The van der Waals surface area contributed by atoms with Gasteiger partial charge in [-0.3, -0.25) is 4.79 Å². The topological polar surface area (TPSA) is 79.7 Å². The van der Waals surface area contributed by atoms with Crippen molar-refractivity contribution in [1.82, 2.24) is 10.0 Å². The third kappa shape index (κ3) is 6.17. The molecular weight excluding hydrogens is 398 g/mol. The van der Waals surface area contributed by atoms with Crippen LogP contribution < -0.4 is 14.9 Å². The molecule has 0 aliphatic carbocycles. The Kier molecular flexibility index (Phi) is 7.77. The molecule has 0 fully saturated rings.